The van der Waals surface area contributed by atoms with E-state index in [0.717, 1.165) is 27.2 Å². The van der Waals surface area contributed by atoms with Crippen LogP contribution in [0.3, 0.4) is 0 Å². The number of carbonyl (C=O) groups is 1. The zero-order valence-corrected chi connectivity index (χ0v) is 19.4. The molecule has 1 amide bonds. The number of nitrogens with zero attached hydrogens (tertiary/aromatic N) is 3. The minimum absolute atomic E-state index is 0. The van der Waals surface area contributed by atoms with Gasteiger partial charge in [0.1, 0.15) is 0 Å². The number of thioether (sulfide) groups is 1. The quantitative estimate of drug-likeness (QED) is 0.452. The van der Waals surface area contributed by atoms with Crippen molar-refractivity contribution in [1.82, 2.24) is 9.88 Å². The fourth-order valence-electron chi connectivity index (χ4n) is 2.70. The van der Waals surface area contributed by atoms with Crippen LogP contribution in [0, 0.1) is 6.92 Å². The summed E-state index contributed by atoms with van der Waals surface area (Å²) in [5, 5.41) is 1.35. The van der Waals surface area contributed by atoms with Crippen molar-refractivity contribution in [2.75, 3.05) is 38.3 Å². The first-order valence-electron chi connectivity index (χ1n) is 8.57. The first-order chi connectivity index (χ1) is 12.9. The average Bonchev–Trinajstić information content (AvgIpc) is 3.11. The highest BCUT2D eigenvalue weighted by molar-refractivity contribution is 7.98. The van der Waals surface area contributed by atoms with Gasteiger partial charge in [-0.1, -0.05) is 35.1 Å². The van der Waals surface area contributed by atoms with Gasteiger partial charge < -0.3 is 4.90 Å². The van der Waals surface area contributed by atoms with E-state index in [-0.39, 0.29) is 18.3 Å². The summed E-state index contributed by atoms with van der Waals surface area (Å²) >= 11 is 9.46. The fraction of sp³-hybridized carbons (Fsp3) is 0.300. The largest absolute Gasteiger partial charge is 0.308 e. The number of rotatable bonds is 6. The molecule has 0 radical (unpaired) electrons. The summed E-state index contributed by atoms with van der Waals surface area (Å²) in [5.41, 5.74) is 2.59. The molecule has 0 atom stereocenters. The van der Waals surface area contributed by atoms with E-state index < -0.39 is 0 Å². The van der Waals surface area contributed by atoms with Gasteiger partial charge >= 0.3 is 0 Å². The van der Waals surface area contributed by atoms with Crippen LogP contribution in [0.5, 0.6) is 0 Å². The van der Waals surface area contributed by atoms with E-state index in [9.17, 15) is 4.79 Å². The van der Waals surface area contributed by atoms with Gasteiger partial charge in [0, 0.05) is 23.5 Å². The average molecular weight is 456 g/mol. The van der Waals surface area contributed by atoms with Crippen molar-refractivity contribution in [2.45, 2.75) is 11.8 Å². The van der Waals surface area contributed by atoms with Crippen molar-refractivity contribution < 1.29 is 4.79 Å². The molecule has 3 rings (SSSR count). The van der Waals surface area contributed by atoms with Crippen LogP contribution in [-0.4, -0.2) is 49.2 Å². The van der Waals surface area contributed by atoms with Crippen molar-refractivity contribution in [3.8, 4) is 0 Å². The number of fused-ring (bicyclic) bond motifs is 1. The van der Waals surface area contributed by atoms with E-state index in [1.807, 2.05) is 63.7 Å². The second kappa shape index (κ2) is 9.94. The van der Waals surface area contributed by atoms with Gasteiger partial charge in [0.2, 0.25) is 0 Å². The second-order valence-electron chi connectivity index (χ2n) is 6.53. The first kappa shape index (κ1) is 23.0. The summed E-state index contributed by atoms with van der Waals surface area (Å²) in [5.74, 6) is -0.0411. The van der Waals surface area contributed by atoms with Crippen molar-refractivity contribution >= 4 is 68.4 Å². The molecule has 28 heavy (non-hydrogen) atoms. The summed E-state index contributed by atoms with van der Waals surface area (Å²) in [6.07, 6.45) is 2.01. The van der Waals surface area contributed by atoms with Crippen LogP contribution in [0.15, 0.2) is 41.3 Å². The summed E-state index contributed by atoms with van der Waals surface area (Å²) in [6.45, 7) is 3.32. The van der Waals surface area contributed by atoms with E-state index in [4.69, 9.17) is 16.6 Å². The van der Waals surface area contributed by atoms with E-state index in [0.29, 0.717) is 22.3 Å². The fourth-order valence-corrected chi connectivity index (χ4v) is 4.50. The monoisotopic (exact) mass is 455 g/mol. The maximum absolute atomic E-state index is 13.3. The molecule has 0 aliphatic heterocycles. The molecule has 0 N–H and O–H groups in total. The van der Waals surface area contributed by atoms with Crippen molar-refractivity contribution in [3.05, 3.63) is 52.5 Å². The molecule has 0 aliphatic rings. The summed E-state index contributed by atoms with van der Waals surface area (Å²) in [4.78, 5) is 23.0. The van der Waals surface area contributed by atoms with Crippen molar-refractivity contribution in [2.24, 2.45) is 0 Å². The number of anilines is 1. The molecule has 1 aromatic heterocycles. The van der Waals surface area contributed by atoms with Gasteiger partial charge in [-0.25, -0.2) is 4.98 Å². The van der Waals surface area contributed by atoms with E-state index in [2.05, 4.69) is 4.90 Å². The Kier molecular flexibility index (Phi) is 8.16. The van der Waals surface area contributed by atoms with Gasteiger partial charge in [0.15, 0.2) is 5.13 Å². The molecule has 2 aromatic carbocycles. The van der Waals surface area contributed by atoms with Gasteiger partial charge in [-0.15, -0.1) is 24.2 Å². The molecule has 0 fully saturated rings. The van der Waals surface area contributed by atoms with Crippen LogP contribution in [0.1, 0.15) is 15.9 Å². The Morgan fingerprint density at radius 1 is 1.21 bits per heavy atom. The lowest BCUT2D eigenvalue weighted by Crippen LogP contribution is -2.36. The third-order valence-corrected chi connectivity index (χ3v) is 6.51. The highest BCUT2D eigenvalue weighted by Gasteiger charge is 2.22. The van der Waals surface area contributed by atoms with E-state index in [1.54, 1.807) is 16.7 Å². The van der Waals surface area contributed by atoms with E-state index >= 15 is 0 Å². The predicted octanol–water partition coefficient (Wildman–Crippen LogP) is 5.61. The predicted molar refractivity (Wildman–Crippen MR) is 125 cm³/mol. The molecule has 0 saturated carbocycles. The van der Waals surface area contributed by atoms with Crippen molar-refractivity contribution in [3.63, 3.8) is 0 Å². The number of aryl methyl sites for hydroxylation is 1. The lowest BCUT2D eigenvalue weighted by Gasteiger charge is -2.22. The zero-order valence-electron chi connectivity index (χ0n) is 16.2. The number of benzene rings is 2. The lowest BCUT2D eigenvalue weighted by atomic mass is 10.2. The highest BCUT2D eigenvalue weighted by Crippen LogP contribution is 2.36. The van der Waals surface area contributed by atoms with Gasteiger partial charge in [-0.05, 0) is 57.1 Å². The Balaban J connectivity index is 0.00000280. The maximum Gasteiger partial charge on any atom is 0.260 e. The van der Waals surface area contributed by atoms with E-state index in [1.165, 1.54) is 11.3 Å². The smallest absolute Gasteiger partial charge is 0.260 e. The zero-order chi connectivity index (χ0) is 19.6. The number of amides is 1. The molecule has 3 aromatic rings. The second-order valence-corrected chi connectivity index (χ2v) is 8.79. The van der Waals surface area contributed by atoms with Gasteiger partial charge in [-0.2, -0.15) is 0 Å². The Hall–Kier alpha value is -1.31. The Morgan fingerprint density at radius 2 is 1.96 bits per heavy atom. The minimum Gasteiger partial charge on any atom is -0.308 e. The number of thiazole rings is 1. The molecule has 0 saturated heterocycles. The summed E-state index contributed by atoms with van der Waals surface area (Å²) < 4.78 is 0.923. The Morgan fingerprint density at radius 3 is 2.61 bits per heavy atom. The minimum atomic E-state index is -0.0411. The topological polar surface area (TPSA) is 36.4 Å². The number of likely N-dealkylation sites (N-methyl/N-ethyl adjacent to an activating group) is 1. The summed E-state index contributed by atoms with van der Waals surface area (Å²) in [6, 6.07) is 11.6. The molecule has 0 spiro atoms. The van der Waals surface area contributed by atoms with Gasteiger partial charge in [-0.3, -0.25) is 9.69 Å². The van der Waals surface area contributed by atoms with Gasteiger partial charge in [0.05, 0.1) is 15.2 Å². The number of carbonyl (C=O) groups excluding carboxylic acids is 1. The molecule has 0 unspecified atom stereocenters. The molecule has 1 heterocycles. The Bertz CT molecular complexity index is 936. The highest BCUT2D eigenvalue weighted by atomic mass is 35.5. The SMILES string of the molecule is CSc1cccc(C(=O)N(CCN(C)C)c2nc3c(C)ccc(Cl)c3s2)c1.Cl. The molecule has 0 aliphatic carbocycles. The van der Waals surface area contributed by atoms with Gasteiger partial charge in [0.25, 0.3) is 5.91 Å². The summed E-state index contributed by atoms with van der Waals surface area (Å²) in [7, 11) is 3.99. The van der Waals surface area contributed by atoms with Crippen LogP contribution >= 0.6 is 47.1 Å². The molecule has 4 nitrogen and oxygen atoms in total. The van der Waals surface area contributed by atoms with Crippen molar-refractivity contribution in [1.29, 1.82) is 0 Å². The Labute approximate surface area is 185 Å². The maximum atomic E-state index is 13.3. The standard InChI is InChI=1S/C20H22ClN3OS2.ClH/c1-13-8-9-16(21)18-17(13)22-20(27-18)24(11-10-23(2)3)19(25)14-6-5-7-15(12-14)26-4;/h5-9,12H,10-11H2,1-4H3;1H. The molecule has 0 bridgehead atoms. The van der Waals surface area contributed by atoms with Crippen LogP contribution in [0.2, 0.25) is 5.02 Å². The van der Waals surface area contributed by atoms with Crippen LogP contribution in [-0.2, 0) is 0 Å². The molecular weight excluding hydrogens is 433 g/mol. The molecule has 150 valence electrons. The first-order valence-corrected chi connectivity index (χ1v) is 11.0. The number of hydrogen-bond donors (Lipinski definition) is 0. The number of hydrogen-bond acceptors (Lipinski definition) is 5. The van der Waals surface area contributed by atoms with Crippen LogP contribution < -0.4 is 4.90 Å². The number of aromatic nitrogens is 1. The van der Waals surface area contributed by atoms with Crippen LogP contribution in [0.4, 0.5) is 5.13 Å². The normalized spacial score (nSPS) is 10.9. The molecular formula is C20H23Cl2N3OS2. The third kappa shape index (κ3) is 4.99. The van der Waals surface area contributed by atoms with Crippen LogP contribution in [0.25, 0.3) is 10.2 Å². The lowest BCUT2D eigenvalue weighted by molar-refractivity contribution is 0.0985. The molecule has 8 heteroatoms. The third-order valence-electron chi connectivity index (χ3n) is 4.25. The number of halogens is 2.